The van der Waals surface area contributed by atoms with Gasteiger partial charge in [-0.25, -0.2) is 0 Å². The minimum absolute atomic E-state index is 0.0500. The molecule has 1 unspecified atom stereocenters. The van der Waals surface area contributed by atoms with E-state index in [-0.39, 0.29) is 11.3 Å². The number of hydrogen-bond donors (Lipinski definition) is 1. The third-order valence-electron chi connectivity index (χ3n) is 6.36. The summed E-state index contributed by atoms with van der Waals surface area (Å²) in [4.78, 5) is 28.2. The van der Waals surface area contributed by atoms with Crippen LogP contribution in [0.3, 0.4) is 0 Å². The number of halogens is 1. The summed E-state index contributed by atoms with van der Waals surface area (Å²) in [6, 6.07) is 20.7. The number of nitrogens with zero attached hydrogens (tertiary/aromatic N) is 3. The molecule has 0 bridgehead atoms. The van der Waals surface area contributed by atoms with Gasteiger partial charge in [0, 0.05) is 14.9 Å². The van der Waals surface area contributed by atoms with Crippen molar-refractivity contribution in [1.82, 2.24) is 10.2 Å². The largest absolute Gasteiger partial charge is 0.507 e. The Balaban J connectivity index is 1.55. The molecule has 1 aliphatic rings. The number of hydrogen-bond acceptors (Lipinski definition) is 7. The second-order valence-corrected chi connectivity index (χ2v) is 12.6. The molecular weight excluding hydrogens is 629 g/mol. The van der Waals surface area contributed by atoms with E-state index < -0.39 is 17.7 Å². The predicted octanol–water partition coefficient (Wildman–Crippen LogP) is 6.99. The SMILES string of the molecule is Cc1ccc(CSc2nnc(N3C(=O)C(=O)C(=C(O)c4cc(C)ccc4C)C3c3ccc(I)cc3)s2)cc1. The Morgan fingerprint density at radius 1 is 0.974 bits per heavy atom. The Morgan fingerprint density at radius 3 is 2.37 bits per heavy atom. The Morgan fingerprint density at radius 2 is 1.66 bits per heavy atom. The number of aliphatic hydroxyl groups is 1. The van der Waals surface area contributed by atoms with Crippen LogP contribution in [0, 0.1) is 24.3 Å². The number of benzene rings is 3. The highest BCUT2D eigenvalue weighted by Gasteiger charge is 2.48. The highest BCUT2D eigenvalue weighted by Crippen LogP contribution is 2.44. The molecule has 9 heteroatoms. The van der Waals surface area contributed by atoms with E-state index in [9.17, 15) is 14.7 Å². The van der Waals surface area contributed by atoms with Crippen molar-refractivity contribution in [2.75, 3.05) is 4.90 Å². The van der Waals surface area contributed by atoms with E-state index in [2.05, 4.69) is 57.1 Å². The van der Waals surface area contributed by atoms with Gasteiger partial charge in [0.15, 0.2) is 4.34 Å². The topological polar surface area (TPSA) is 83.4 Å². The molecule has 0 aliphatic carbocycles. The fraction of sp³-hybridized carbons (Fsp3) is 0.172. The van der Waals surface area contributed by atoms with Crippen molar-refractivity contribution in [1.29, 1.82) is 0 Å². The van der Waals surface area contributed by atoms with Crippen LogP contribution in [-0.4, -0.2) is 27.0 Å². The first-order valence-electron chi connectivity index (χ1n) is 11.9. The second-order valence-electron chi connectivity index (χ2n) is 9.16. The summed E-state index contributed by atoms with van der Waals surface area (Å²) in [7, 11) is 0. The standard InChI is InChI=1S/C29H24IN3O3S2/c1-16-5-8-19(9-6-16)15-37-29-32-31-28(38-29)33-24(20-10-12-21(30)13-11-20)23(26(35)27(33)36)25(34)22-14-17(2)4-7-18(22)3/h4-14,24,34H,15H2,1-3H3. The number of amides is 1. The van der Waals surface area contributed by atoms with Crippen LogP contribution in [-0.2, 0) is 15.3 Å². The van der Waals surface area contributed by atoms with E-state index in [0.717, 1.165) is 20.3 Å². The molecule has 1 saturated heterocycles. The third-order valence-corrected chi connectivity index (χ3v) is 9.21. The molecule has 0 saturated carbocycles. The molecular formula is C29H24IN3O3S2. The van der Waals surface area contributed by atoms with Crippen LogP contribution in [0.1, 0.15) is 39.4 Å². The second kappa shape index (κ2) is 11.0. The highest BCUT2D eigenvalue weighted by molar-refractivity contribution is 14.1. The van der Waals surface area contributed by atoms with Crippen LogP contribution in [0.15, 0.2) is 76.6 Å². The Hall–Kier alpha value is -3.02. The zero-order valence-corrected chi connectivity index (χ0v) is 24.7. The Bertz CT molecular complexity index is 1560. The molecule has 5 rings (SSSR count). The molecule has 1 atom stereocenters. The van der Waals surface area contributed by atoms with Crippen LogP contribution >= 0.6 is 45.7 Å². The molecule has 1 aromatic heterocycles. The number of carbonyl (C=O) groups is 2. The molecule has 1 amide bonds. The first-order valence-corrected chi connectivity index (χ1v) is 14.8. The average molecular weight is 654 g/mol. The summed E-state index contributed by atoms with van der Waals surface area (Å²) < 4.78 is 1.71. The number of thioether (sulfide) groups is 1. The van der Waals surface area contributed by atoms with Crippen LogP contribution < -0.4 is 4.90 Å². The van der Waals surface area contributed by atoms with Crippen LogP contribution in [0.5, 0.6) is 0 Å². The van der Waals surface area contributed by atoms with E-state index in [4.69, 9.17) is 0 Å². The third kappa shape index (κ3) is 5.27. The van der Waals surface area contributed by atoms with Crippen molar-refractivity contribution in [3.8, 4) is 0 Å². The number of carbonyl (C=O) groups excluding carboxylic acids is 2. The number of anilines is 1. The first-order chi connectivity index (χ1) is 18.2. The fourth-order valence-electron chi connectivity index (χ4n) is 4.31. The zero-order valence-electron chi connectivity index (χ0n) is 20.9. The molecule has 0 spiro atoms. The normalized spacial score (nSPS) is 16.8. The number of aliphatic hydroxyl groups excluding tert-OH is 1. The molecule has 1 N–H and O–H groups in total. The van der Waals surface area contributed by atoms with E-state index >= 15 is 0 Å². The molecule has 6 nitrogen and oxygen atoms in total. The van der Waals surface area contributed by atoms with Crippen molar-refractivity contribution in [2.45, 2.75) is 36.9 Å². The van der Waals surface area contributed by atoms with Gasteiger partial charge in [-0.05, 0) is 78.3 Å². The molecule has 0 radical (unpaired) electrons. The van der Waals surface area contributed by atoms with E-state index in [0.29, 0.717) is 26.4 Å². The summed E-state index contributed by atoms with van der Waals surface area (Å²) in [6.45, 7) is 5.84. The number of ketones is 1. The molecule has 192 valence electrons. The monoisotopic (exact) mass is 653 g/mol. The van der Waals surface area contributed by atoms with Gasteiger partial charge in [-0.1, -0.05) is 82.8 Å². The van der Waals surface area contributed by atoms with Crippen molar-refractivity contribution >= 4 is 68.3 Å². The lowest BCUT2D eigenvalue weighted by Gasteiger charge is -2.22. The summed E-state index contributed by atoms with van der Waals surface area (Å²) >= 11 is 5.00. The predicted molar refractivity (Wildman–Crippen MR) is 161 cm³/mol. The molecule has 1 fully saturated rings. The number of aromatic nitrogens is 2. The lowest BCUT2D eigenvalue weighted by atomic mass is 9.93. The number of rotatable bonds is 6. The highest BCUT2D eigenvalue weighted by atomic mass is 127. The Labute approximate surface area is 243 Å². The van der Waals surface area contributed by atoms with E-state index in [1.54, 1.807) is 0 Å². The maximum absolute atomic E-state index is 13.4. The first kappa shape index (κ1) is 26.6. The summed E-state index contributed by atoms with van der Waals surface area (Å²) in [5, 5.41) is 20.4. The number of Topliss-reactive ketones (excluding diaryl/α,β-unsaturated/α-hetero) is 1. The quantitative estimate of drug-likeness (QED) is 0.0604. The molecule has 3 aromatic carbocycles. The Kier molecular flexibility index (Phi) is 7.69. The van der Waals surface area contributed by atoms with Crippen LogP contribution in [0.2, 0.25) is 0 Å². The summed E-state index contributed by atoms with van der Waals surface area (Å²) in [6.07, 6.45) is 0. The van der Waals surface area contributed by atoms with E-state index in [1.807, 2.05) is 63.2 Å². The van der Waals surface area contributed by atoms with Gasteiger partial charge in [-0.3, -0.25) is 14.5 Å². The number of aryl methyl sites for hydroxylation is 3. The van der Waals surface area contributed by atoms with Gasteiger partial charge in [0.05, 0.1) is 11.6 Å². The van der Waals surface area contributed by atoms with E-state index in [1.165, 1.54) is 33.6 Å². The maximum atomic E-state index is 13.4. The minimum atomic E-state index is -0.824. The van der Waals surface area contributed by atoms with Crippen molar-refractivity contribution in [3.63, 3.8) is 0 Å². The minimum Gasteiger partial charge on any atom is -0.507 e. The molecule has 38 heavy (non-hydrogen) atoms. The average Bonchev–Trinajstić information content (AvgIpc) is 3.47. The van der Waals surface area contributed by atoms with Gasteiger partial charge >= 0.3 is 5.91 Å². The summed E-state index contributed by atoms with van der Waals surface area (Å²) in [5.41, 5.74) is 5.40. The lowest BCUT2D eigenvalue weighted by molar-refractivity contribution is -0.132. The lowest BCUT2D eigenvalue weighted by Crippen LogP contribution is -2.29. The van der Waals surface area contributed by atoms with Crippen LogP contribution in [0.25, 0.3) is 5.76 Å². The molecule has 2 heterocycles. The van der Waals surface area contributed by atoms with Gasteiger partial charge in [-0.15, -0.1) is 10.2 Å². The van der Waals surface area contributed by atoms with Gasteiger partial charge < -0.3 is 5.11 Å². The molecule has 1 aliphatic heterocycles. The molecule has 4 aromatic rings. The van der Waals surface area contributed by atoms with Crippen molar-refractivity contribution in [2.24, 2.45) is 0 Å². The fourth-order valence-corrected chi connectivity index (χ4v) is 6.50. The van der Waals surface area contributed by atoms with Crippen molar-refractivity contribution in [3.05, 3.63) is 109 Å². The van der Waals surface area contributed by atoms with Crippen molar-refractivity contribution < 1.29 is 14.7 Å². The van der Waals surface area contributed by atoms with Crippen LogP contribution in [0.4, 0.5) is 5.13 Å². The maximum Gasteiger partial charge on any atom is 0.301 e. The van der Waals surface area contributed by atoms with Gasteiger partial charge in [0.2, 0.25) is 5.13 Å². The van der Waals surface area contributed by atoms with Gasteiger partial charge in [0.1, 0.15) is 5.76 Å². The zero-order chi connectivity index (χ0) is 27.0. The van der Waals surface area contributed by atoms with Gasteiger partial charge in [-0.2, -0.15) is 0 Å². The summed E-state index contributed by atoms with van der Waals surface area (Å²) in [5.74, 6) is -0.947. The van der Waals surface area contributed by atoms with Gasteiger partial charge in [0.25, 0.3) is 5.78 Å². The smallest absolute Gasteiger partial charge is 0.301 e.